The minimum absolute atomic E-state index is 0.0162. The average Bonchev–Trinajstić information content (AvgIpc) is 2.71. The number of rotatable bonds is 4. The number of allylic oxidation sites excluding steroid dienone is 2. The molecule has 0 unspecified atom stereocenters. The Bertz CT molecular complexity index is 663. The second-order valence-corrected chi connectivity index (χ2v) is 8.42. The number of likely N-dealkylation sites (tertiary alicyclic amines) is 1. The lowest BCUT2D eigenvalue weighted by Crippen LogP contribution is -2.28. The van der Waals surface area contributed by atoms with Crippen LogP contribution < -0.4 is 0 Å². The maximum absolute atomic E-state index is 12.6. The lowest BCUT2D eigenvalue weighted by molar-refractivity contribution is -0.137. The molecular weight excluding hydrogens is 302 g/mol. The van der Waals surface area contributed by atoms with Crippen molar-refractivity contribution >= 4 is 11.8 Å². The van der Waals surface area contributed by atoms with Crippen LogP contribution in [0.1, 0.15) is 57.0 Å². The Kier molecular flexibility index (Phi) is 4.88. The third-order valence-electron chi connectivity index (χ3n) is 4.34. The number of carbonyl (C=O) groups is 2. The van der Waals surface area contributed by atoms with Gasteiger partial charge >= 0.3 is 5.97 Å². The molecule has 130 valence electrons. The van der Waals surface area contributed by atoms with Gasteiger partial charge < -0.3 is 10.0 Å². The molecule has 0 spiro atoms. The van der Waals surface area contributed by atoms with Gasteiger partial charge in [-0.3, -0.25) is 9.59 Å². The van der Waals surface area contributed by atoms with Gasteiger partial charge in [-0.1, -0.05) is 58.9 Å². The average molecular weight is 329 g/mol. The SMILES string of the molecule is CC1(C)C/C(=C/C(=O)c2ccc(C(C)(C)C)cc2)N(CC(=O)O)C1. The quantitative estimate of drug-likeness (QED) is 0.673. The highest BCUT2D eigenvalue weighted by molar-refractivity contribution is 6.05. The highest BCUT2D eigenvalue weighted by Crippen LogP contribution is 2.36. The smallest absolute Gasteiger partial charge is 0.323 e. The van der Waals surface area contributed by atoms with Crippen molar-refractivity contribution in [3.05, 3.63) is 47.2 Å². The Morgan fingerprint density at radius 3 is 2.29 bits per heavy atom. The van der Waals surface area contributed by atoms with Crippen LogP contribution in [0.25, 0.3) is 0 Å². The molecule has 1 aromatic rings. The molecule has 1 N–H and O–H groups in total. The number of nitrogens with zero attached hydrogens (tertiary/aromatic N) is 1. The molecule has 24 heavy (non-hydrogen) atoms. The van der Waals surface area contributed by atoms with E-state index in [2.05, 4.69) is 34.6 Å². The number of carboxylic acids is 1. The fraction of sp³-hybridized carbons (Fsp3) is 0.500. The predicted molar refractivity (Wildman–Crippen MR) is 95.2 cm³/mol. The molecular formula is C20H27NO3. The van der Waals surface area contributed by atoms with Gasteiger partial charge in [-0.05, 0) is 22.8 Å². The molecule has 4 nitrogen and oxygen atoms in total. The van der Waals surface area contributed by atoms with Crippen molar-refractivity contribution in [3.8, 4) is 0 Å². The maximum Gasteiger partial charge on any atom is 0.323 e. The van der Waals surface area contributed by atoms with Gasteiger partial charge in [0, 0.05) is 23.9 Å². The third-order valence-corrected chi connectivity index (χ3v) is 4.34. The van der Waals surface area contributed by atoms with Gasteiger partial charge in [-0.2, -0.15) is 0 Å². The Labute approximate surface area is 144 Å². The summed E-state index contributed by atoms with van der Waals surface area (Å²) in [6.07, 6.45) is 2.32. The number of hydrogen-bond acceptors (Lipinski definition) is 3. The molecule has 0 radical (unpaired) electrons. The van der Waals surface area contributed by atoms with Crippen LogP contribution in [0.2, 0.25) is 0 Å². The molecule has 0 aliphatic carbocycles. The van der Waals surface area contributed by atoms with Gasteiger partial charge in [0.25, 0.3) is 0 Å². The molecule has 1 aliphatic heterocycles. The highest BCUT2D eigenvalue weighted by atomic mass is 16.4. The first-order chi connectivity index (χ1) is 11.0. The molecule has 1 aromatic carbocycles. The molecule has 0 amide bonds. The van der Waals surface area contributed by atoms with E-state index in [1.54, 1.807) is 11.0 Å². The number of aliphatic carboxylic acids is 1. The van der Waals surface area contributed by atoms with Gasteiger partial charge in [0.1, 0.15) is 6.54 Å². The molecule has 0 bridgehead atoms. The number of carboxylic acid groups (broad SMARTS) is 1. The fourth-order valence-corrected chi connectivity index (χ4v) is 3.11. The van der Waals surface area contributed by atoms with Crippen molar-refractivity contribution in [3.63, 3.8) is 0 Å². The van der Waals surface area contributed by atoms with Crippen LogP contribution >= 0.6 is 0 Å². The van der Waals surface area contributed by atoms with Crippen molar-refractivity contribution in [1.82, 2.24) is 4.90 Å². The van der Waals surface area contributed by atoms with Crippen LogP contribution in [-0.2, 0) is 10.2 Å². The lowest BCUT2D eigenvalue weighted by Gasteiger charge is -2.20. The van der Waals surface area contributed by atoms with E-state index in [1.807, 2.05) is 24.3 Å². The van der Waals surface area contributed by atoms with Crippen LogP contribution in [0.5, 0.6) is 0 Å². The summed E-state index contributed by atoms with van der Waals surface area (Å²) in [6.45, 7) is 11.2. The summed E-state index contributed by atoms with van der Waals surface area (Å²) in [7, 11) is 0. The summed E-state index contributed by atoms with van der Waals surface area (Å²) in [5.41, 5.74) is 2.66. The van der Waals surface area contributed by atoms with Crippen molar-refractivity contribution in [2.45, 2.75) is 46.5 Å². The normalized spacial score (nSPS) is 18.9. The Morgan fingerprint density at radius 2 is 1.79 bits per heavy atom. The highest BCUT2D eigenvalue weighted by Gasteiger charge is 2.34. The Balaban J connectivity index is 2.22. The molecule has 4 heteroatoms. The molecule has 0 saturated carbocycles. The van der Waals surface area contributed by atoms with E-state index in [0.717, 1.165) is 5.70 Å². The fourth-order valence-electron chi connectivity index (χ4n) is 3.11. The zero-order valence-corrected chi connectivity index (χ0v) is 15.2. The minimum Gasteiger partial charge on any atom is -0.480 e. The van der Waals surface area contributed by atoms with Crippen molar-refractivity contribution in [2.75, 3.05) is 13.1 Å². The van der Waals surface area contributed by atoms with E-state index >= 15 is 0 Å². The zero-order chi connectivity index (χ0) is 18.1. The number of ketones is 1. The van der Waals surface area contributed by atoms with Crippen LogP contribution in [0.3, 0.4) is 0 Å². The molecule has 0 atom stereocenters. The number of carbonyl (C=O) groups excluding carboxylic acids is 1. The summed E-state index contributed by atoms with van der Waals surface area (Å²) >= 11 is 0. The summed E-state index contributed by atoms with van der Waals surface area (Å²) < 4.78 is 0. The molecule has 1 fully saturated rings. The van der Waals surface area contributed by atoms with Crippen molar-refractivity contribution in [2.24, 2.45) is 5.41 Å². The predicted octanol–water partition coefficient (Wildman–Crippen LogP) is 3.87. The molecule has 1 heterocycles. The van der Waals surface area contributed by atoms with Gasteiger partial charge in [0.05, 0.1) is 0 Å². The maximum atomic E-state index is 12.6. The first-order valence-corrected chi connectivity index (χ1v) is 8.30. The number of hydrogen-bond donors (Lipinski definition) is 1. The Hall–Kier alpha value is -2.10. The van der Waals surface area contributed by atoms with Gasteiger partial charge in [-0.25, -0.2) is 0 Å². The van der Waals surface area contributed by atoms with E-state index in [0.29, 0.717) is 18.5 Å². The van der Waals surface area contributed by atoms with E-state index in [-0.39, 0.29) is 23.2 Å². The van der Waals surface area contributed by atoms with E-state index < -0.39 is 5.97 Å². The summed E-state index contributed by atoms with van der Waals surface area (Å²) in [4.78, 5) is 25.4. The largest absolute Gasteiger partial charge is 0.480 e. The monoisotopic (exact) mass is 329 g/mol. The van der Waals surface area contributed by atoms with Gasteiger partial charge in [0.2, 0.25) is 0 Å². The van der Waals surface area contributed by atoms with Crippen LogP contribution in [0.15, 0.2) is 36.0 Å². The van der Waals surface area contributed by atoms with Gasteiger partial charge in [-0.15, -0.1) is 0 Å². The van der Waals surface area contributed by atoms with E-state index in [4.69, 9.17) is 5.11 Å². The van der Waals surface area contributed by atoms with E-state index in [1.165, 1.54) is 5.56 Å². The molecule has 2 rings (SSSR count). The van der Waals surface area contributed by atoms with Crippen LogP contribution in [0.4, 0.5) is 0 Å². The molecule has 1 aliphatic rings. The summed E-state index contributed by atoms with van der Waals surface area (Å²) in [5.74, 6) is -0.945. The lowest BCUT2D eigenvalue weighted by atomic mass is 9.86. The first-order valence-electron chi connectivity index (χ1n) is 8.30. The number of benzene rings is 1. The van der Waals surface area contributed by atoms with Crippen LogP contribution in [0, 0.1) is 5.41 Å². The third kappa shape index (κ3) is 4.47. The van der Waals surface area contributed by atoms with Gasteiger partial charge in [0.15, 0.2) is 5.78 Å². The minimum atomic E-state index is -0.874. The molecule has 0 aromatic heterocycles. The van der Waals surface area contributed by atoms with Crippen molar-refractivity contribution in [1.29, 1.82) is 0 Å². The van der Waals surface area contributed by atoms with Crippen molar-refractivity contribution < 1.29 is 14.7 Å². The summed E-state index contributed by atoms with van der Waals surface area (Å²) in [6, 6.07) is 7.67. The Morgan fingerprint density at radius 1 is 1.21 bits per heavy atom. The standard InChI is InChI=1S/C20H27NO3/c1-19(2,3)15-8-6-14(7-9-15)17(22)10-16-11-20(4,5)13-21(16)12-18(23)24/h6-10H,11-13H2,1-5H3,(H,23,24)/b16-10-. The van der Waals surface area contributed by atoms with Crippen LogP contribution in [-0.4, -0.2) is 34.8 Å². The second kappa shape index (κ2) is 6.42. The second-order valence-electron chi connectivity index (χ2n) is 8.42. The molecule has 1 saturated heterocycles. The first kappa shape index (κ1) is 18.2. The topological polar surface area (TPSA) is 57.6 Å². The summed E-state index contributed by atoms with van der Waals surface area (Å²) in [5, 5.41) is 9.07. The van der Waals surface area contributed by atoms with E-state index in [9.17, 15) is 9.59 Å². The zero-order valence-electron chi connectivity index (χ0n) is 15.2.